The van der Waals surface area contributed by atoms with Crippen LogP contribution in [0.5, 0.6) is 0 Å². The molecule has 0 saturated carbocycles. The number of H-pyrrole nitrogens is 1. The van der Waals surface area contributed by atoms with Crippen molar-refractivity contribution in [2.45, 2.75) is 19.5 Å². The molecule has 0 bridgehead atoms. The Hall–Kier alpha value is -3.90. The van der Waals surface area contributed by atoms with Crippen LogP contribution in [0.2, 0.25) is 0 Å². The Bertz CT molecular complexity index is 1350. The molecule has 5 rings (SSSR count). The predicted molar refractivity (Wildman–Crippen MR) is 120 cm³/mol. The number of benzene rings is 2. The van der Waals surface area contributed by atoms with E-state index in [0.29, 0.717) is 17.8 Å². The Balaban J connectivity index is 1.49. The molecule has 2 N–H and O–H groups in total. The molecular formula is C25H22N4O2. The SMILES string of the molecule is Cc1nn(-c2ccccc2)c2[nH]c(=O)c(CN[C@@H](c3ccccc3)c3ccco3)cc12. The van der Waals surface area contributed by atoms with Gasteiger partial charge in [-0.25, -0.2) is 4.68 Å². The molecule has 3 aromatic heterocycles. The highest BCUT2D eigenvalue weighted by Gasteiger charge is 2.18. The van der Waals surface area contributed by atoms with Crippen LogP contribution in [0.1, 0.15) is 28.6 Å². The molecule has 0 aliphatic heterocycles. The van der Waals surface area contributed by atoms with Gasteiger partial charge in [0.15, 0.2) is 0 Å². The zero-order valence-corrected chi connectivity index (χ0v) is 17.1. The number of aromatic nitrogens is 3. The van der Waals surface area contributed by atoms with Crippen LogP contribution in [0.3, 0.4) is 0 Å². The number of hydrogen-bond acceptors (Lipinski definition) is 4. The molecule has 154 valence electrons. The molecule has 0 aliphatic carbocycles. The van der Waals surface area contributed by atoms with E-state index in [0.717, 1.165) is 28.1 Å². The molecule has 0 spiro atoms. The van der Waals surface area contributed by atoms with Crippen LogP contribution in [0, 0.1) is 6.92 Å². The summed E-state index contributed by atoms with van der Waals surface area (Å²) in [6, 6.07) is 25.4. The second-order valence-electron chi connectivity index (χ2n) is 7.46. The van der Waals surface area contributed by atoms with Crippen LogP contribution in [-0.2, 0) is 6.54 Å². The number of nitrogens with zero attached hydrogens (tertiary/aromatic N) is 2. The summed E-state index contributed by atoms with van der Waals surface area (Å²) in [5.41, 5.74) is 4.05. The first kappa shape index (κ1) is 19.1. The minimum Gasteiger partial charge on any atom is -0.467 e. The number of rotatable bonds is 6. The number of furan rings is 1. The summed E-state index contributed by atoms with van der Waals surface area (Å²) < 4.78 is 7.43. The Morgan fingerprint density at radius 2 is 1.77 bits per heavy atom. The lowest BCUT2D eigenvalue weighted by atomic mass is 10.0. The standard InChI is InChI=1S/C25H22N4O2/c1-17-21-15-19(25(30)27-24(21)29(28-17)20-11-6-3-7-12-20)16-26-23(22-13-8-14-31-22)18-9-4-2-5-10-18/h2-15,23,26H,16H2,1H3,(H,27,30)/t23-/m0/s1. The second kappa shape index (κ2) is 8.08. The summed E-state index contributed by atoms with van der Waals surface area (Å²) in [5, 5.41) is 9.04. The first-order valence-corrected chi connectivity index (χ1v) is 10.2. The normalized spacial score (nSPS) is 12.3. The van der Waals surface area contributed by atoms with Crippen molar-refractivity contribution >= 4 is 11.0 Å². The van der Waals surface area contributed by atoms with E-state index in [1.807, 2.05) is 85.8 Å². The van der Waals surface area contributed by atoms with E-state index >= 15 is 0 Å². The molecular weight excluding hydrogens is 388 g/mol. The molecule has 0 radical (unpaired) electrons. The van der Waals surface area contributed by atoms with Gasteiger partial charge in [0.2, 0.25) is 0 Å². The van der Waals surface area contributed by atoms with Gasteiger partial charge in [-0.1, -0.05) is 48.5 Å². The van der Waals surface area contributed by atoms with Gasteiger partial charge in [0.05, 0.1) is 23.7 Å². The fraction of sp³-hybridized carbons (Fsp3) is 0.120. The second-order valence-corrected chi connectivity index (χ2v) is 7.46. The summed E-state index contributed by atoms with van der Waals surface area (Å²) in [6.45, 7) is 2.34. The lowest BCUT2D eigenvalue weighted by Crippen LogP contribution is -2.25. The minimum absolute atomic E-state index is 0.136. The molecule has 0 fully saturated rings. The van der Waals surface area contributed by atoms with Crippen LogP contribution >= 0.6 is 0 Å². The molecule has 0 amide bonds. The smallest absolute Gasteiger partial charge is 0.254 e. The lowest BCUT2D eigenvalue weighted by molar-refractivity contribution is 0.445. The molecule has 0 aliphatic rings. The van der Waals surface area contributed by atoms with Crippen molar-refractivity contribution < 1.29 is 4.42 Å². The minimum atomic E-state index is -0.153. The van der Waals surface area contributed by atoms with E-state index in [2.05, 4.69) is 15.4 Å². The van der Waals surface area contributed by atoms with Crippen molar-refractivity contribution in [2.24, 2.45) is 0 Å². The highest BCUT2D eigenvalue weighted by atomic mass is 16.3. The van der Waals surface area contributed by atoms with Crippen molar-refractivity contribution in [3.8, 4) is 5.69 Å². The third-order valence-electron chi connectivity index (χ3n) is 5.41. The van der Waals surface area contributed by atoms with Gasteiger partial charge in [-0.3, -0.25) is 10.1 Å². The van der Waals surface area contributed by atoms with Crippen molar-refractivity contribution in [3.05, 3.63) is 118 Å². The van der Waals surface area contributed by atoms with Crippen molar-refractivity contribution in [3.63, 3.8) is 0 Å². The van der Waals surface area contributed by atoms with E-state index in [1.54, 1.807) is 10.9 Å². The van der Waals surface area contributed by atoms with Crippen LogP contribution in [0.15, 0.2) is 94.3 Å². The van der Waals surface area contributed by atoms with Crippen LogP contribution in [0.25, 0.3) is 16.7 Å². The van der Waals surface area contributed by atoms with Gasteiger partial charge in [0.25, 0.3) is 5.56 Å². The van der Waals surface area contributed by atoms with Crippen LogP contribution in [-0.4, -0.2) is 14.8 Å². The first-order valence-electron chi connectivity index (χ1n) is 10.2. The van der Waals surface area contributed by atoms with E-state index < -0.39 is 0 Å². The number of hydrogen-bond donors (Lipinski definition) is 2. The summed E-state index contributed by atoms with van der Waals surface area (Å²) in [6.07, 6.45) is 1.66. The molecule has 1 atom stereocenters. The molecule has 6 nitrogen and oxygen atoms in total. The summed E-state index contributed by atoms with van der Waals surface area (Å²) >= 11 is 0. The van der Waals surface area contributed by atoms with Gasteiger partial charge < -0.3 is 9.40 Å². The Morgan fingerprint density at radius 1 is 1.03 bits per heavy atom. The largest absolute Gasteiger partial charge is 0.467 e. The lowest BCUT2D eigenvalue weighted by Gasteiger charge is -2.17. The maximum absolute atomic E-state index is 12.9. The molecule has 5 aromatic rings. The van der Waals surface area contributed by atoms with E-state index in [4.69, 9.17) is 4.42 Å². The zero-order chi connectivity index (χ0) is 21.2. The third kappa shape index (κ3) is 3.69. The molecule has 0 unspecified atom stereocenters. The van der Waals surface area contributed by atoms with Gasteiger partial charge in [-0.05, 0) is 42.8 Å². The van der Waals surface area contributed by atoms with Gasteiger partial charge in [-0.15, -0.1) is 0 Å². The maximum Gasteiger partial charge on any atom is 0.254 e. The molecule has 3 heterocycles. The Kier molecular flexibility index (Phi) is 4.98. The van der Waals surface area contributed by atoms with Gasteiger partial charge >= 0.3 is 0 Å². The van der Waals surface area contributed by atoms with Gasteiger partial charge in [-0.2, -0.15) is 5.10 Å². The Labute approximate surface area is 179 Å². The monoisotopic (exact) mass is 410 g/mol. The summed E-state index contributed by atoms with van der Waals surface area (Å²) in [5.74, 6) is 0.803. The number of nitrogens with one attached hydrogen (secondary N) is 2. The maximum atomic E-state index is 12.9. The van der Waals surface area contributed by atoms with Crippen molar-refractivity contribution in [2.75, 3.05) is 0 Å². The quantitative estimate of drug-likeness (QED) is 0.432. The molecule has 2 aromatic carbocycles. The molecule has 6 heteroatoms. The van der Waals surface area contributed by atoms with E-state index in [9.17, 15) is 4.79 Å². The van der Waals surface area contributed by atoms with Crippen LogP contribution in [0.4, 0.5) is 0 Å². The van der Waals surface area contributed by atoms with Crippen molar-refractivity contribution in [1.82, 2.24) is 20.1 Å². The predicted octanol–water partition coefficient (Wildman–Crippen LogP) is 4.49. The first-order chi connectivity index (χ1) is 15.2. The third-order valence-corrected chi connectivity index (χ3v) is 5.41. The highest BCUT2D eigenvalue weighted by Crippen LogP contribution is 2.24. The van der Waals surface area contributed by atoms with Crippen molar-refractivity contribution in [1.29, 1.82) is 0 Å². The Morgan fingerprint density at radius 3 is 2.48 bits per heavy atom. The number of aryl methyl sites for hydroxylation is 1. The average molecular weight is 410 g/mol. The van der Waals surface area contributed by atoms with Crippen LogP contribution < -0.4 is 10.9 Å². The van der Waals surface area contributed by atoms with Gasteiger partial charge in [0, 0.05) is 17.5 Å². The summed E-state index contributed by atoms with van der Waals surface area (Å²) in [4.78, 5) is 15.9. The average Bonchev–Trinajstić information content (AvgIpc) is 3.44. The fourth-order valence-electron chi connectivity index (χ4n) is 3.84. The molecule has 0 saturated heterocycles. The number of aromatic amines is 1. The number of para-hydroxylation sites is 1. The zero-order valence-electron chi connectivity index (χ0n) is 17.1. The highest BCUT2D eigenvalue weighted by molar-refractivity contribution is 5.80. The van der Waals surface area contributed by atoms with E-state index in [-0.39, 0.29) is 11.6 Å². The van der Waals surface area contributed by atoms with Gasteiger partial charge in [0.1, 0.15) is 11.4 Å². The topological polar surface area (TPSA) is 75.8 Å². The fourth-order valence-corrected chi connectivity index (χ4v) is 3.84. The number of fused-ring (bicyclic) bond motifs is 1. The summed E-state index contributed by atoms with van der Waals surface area (Å²) in [7, 11) is 0. The van der Waals surface area contributed by atoms with E-state index in [1.165, 1.54) is 0 Å². The molecule has 31 heavy (non-hydrogen) atoms. The number of pyridine rings is 1.